The molecule has 0 saturated carbocycles. The summed E-state index contributed by atoms with van der Waals surface area (Å²) >= 11 is 1.69. The van der Waals surface area contributed by atoms with Crippen molar-refractivity contribution in [2.45, 2.75) is 33.9 Å². The second-order valence-electron chi connectivity index (χ2n) is 6.62. The molecule has 0 unspecified atom stereocenters. The SMILES string of the molecule is Cc1cc(C)c(C(=O)N(Cc2cccs2)Cc2cccn2C)c(C)c1. The van der Waals surface area contributed by atoms with Gasteiger partial charge in [0.2, 0.25) is 0 Å². The van der Waals surface area contributed by atoms with E-state index < -0.39 is 0 Å². The lowest BCUT2D eigenvalue weighted by molar-refractivity contribution is 0.0727. The highest BCUT2D eigenvalue weighted by Gasteiger charge is 2.21. The number of hydrogen-bond acceptors (Lipinski definition) is 2. The van der Waals surface area contributed by atoms with Crippen molar-refractivity contribution in [3.8, 4) is 0 Å². The molecule has 1 amide bonds. The highest BCUT2D eigenvalue weighted by atomic mass is 32.1. The number of benzene rings is 1. The zero-order chi connectivity index (χ0) is 18.0. The molecular weight excluding hydrogens is 328 g/mol. The first-order chi connectivity index (χ1) is 12.0. The van der Waals surface area contributed by atoms with E-state index in [1.807, 2.05) is 44.1 Å². The third-order valence-corrected chi connectivity index (χ3v) is 5.37. The fourth-order valence-corrected chi connectivity index (χ4v) is 4.04. The molecule has 25 heavy (non-hydrogen) atoms. The van der Waals surface area contributed by atoms with Gasteiger partial charge in [0.1, 0.15) is 0 Å². The van der Waals surface area contributed by atoms with Crippen molar-refractivity contribution < 1.29 is 4.79 Å². The Bertz CT molecular complexity index is 854. The maximum absolute atomic E-state index is 13.4. The van der Waals surface area contributed by atoms with Gasteiger partial charge in [0, 0.05) is 29.4 Å². The minimum atomic E-state index is 0.101. The minimum Gasteiger partial charge on any atom is -0.353 e. The summed E-state index contributed by atoms with van der Waals surface area (Å²) in [4.78, 5) is 16.5. The topological polar surface area (TPSA) is 25.2 Å². The van der Waals surface area contributed by atoms with E-state index in [-0.39, 0.29) is 5.91 Å². The molecule has 3 nitrogen and oxygen atoms in total. The van der Waals surface area contributed by atoms with Crippen LogP contribution in [0.4, 0.5) is 0 Å². The van der Waals surface area contributed by atoms with Crippen molar-refractivity contribution in [2.75, 3.05) is 0 Å². The van der Waals surface area contributed by atoms with E-state index in [2.05, 4.69) is 41.1 Å². The average Bonchev–Trinajstić information content (AvgIpc) is 3.18. The summed E-state index contributed by atoms with van der Waals surface area (Å²) < 4.78 is 2.07. The van der Waals surface area contributed by atoms with E-state index in [4.69, 9.17) is 0 Å². The first kappa shape index (κ1) is 17.5. The van der Waals surface area contributed by atoms with Crippen LogP contribution in [0, 0.1) is 20.8 Å². The van der Waals surface area contributed by atoms with Gasteiger partial charge in [0.05, 0.1) is 13.1 Å². The fourth-order valence-electron chi connectivity index (χ4n) is 3.32. The summed E-state index contributed by atoms with van der Waals surface area (Å²) in [5.74, 6) is 0.101. The molecule has 0 fully saturated rings. The molecule has 0 aliphatic heterocycles. The van der Waals surface area contributed by atoms with Gasteiger partial charge in [0.15, 0.2) is 0 Å². The van der Waals surface area contributed by atoms with Gasteiger partial charge in [-0.15, -0.1) is 11.3 Å². The fraction of sp³-hybridized carbons (Fsp3) is 0.286. The van der Waals surface area contributed by atoms with Crippen LogP contribution in [0.1, 0.15) is 37.6 Å². The van der Waals surface area contributed by atoms with Gasteiger partial charge in [-0.3, -0.25) is 4.79 Å². The second kappa shape index (κ2) is 7.28. The Hall–Kier alpha value is -2.33. The highest BCUT2D eigenvalue weighted by Crippen LogP contribution is 2.22. The van der Waals surface area contributed by atoms with Crippen molar-refractivity contribution in [3.05, 3.63) is 80.8 Å². The molecule has 2 heterocycles. The molecule has 0 saturated heterocycles. The number of amides is 1. The number of rotatable bonds is 5. The Morgan fingerprint density at radius 1 is 1.08 bits per heavy atom. The molecule has 0 radical (unpaired) electrons. The highest BCUT2D eigenvalue weighted by molar-refractivity contribution is 7.09. The van der Waals surface area contributed by atoms with Crippen LogP contribution in [0.5, 0.6) is 0 Å². The number of nitrogens with zero attached hydrogens (tertiary/aromatic N) is 2. The molecule has 3 aromatic rings. The molecule has 3 rings (SSSR count). The summed E-state index contributed by atoms with van der Waals surface area (Å²) in [6, 6.07) is 12.4. The summed E-state index contributed by atoms with van der Waals surface area (Å²) in [6.45, 7) is 7.36. The maximum atomic E-state index is 13.4. The molecule has 2 aromatic heterocycles. The molecule has 0 atom stereocenters. The minimum absolute atomic E-state index is 0.101. The van der Waals surface area contributed by atoms with E-state index in [0.717, 1.165) is 22.4 Å². The smallest absolute Gasteiger partial charge is 0.255 e. The van der Waals surface area contributed by atoms with E-state index in [1.165, 1.54) is 10.4 Å². The van der Waals surface area contributed by atoms with Gasteiger partial charge in [-0.25, -0.2) is 0 Å². The largest absolute Gasteiger partial charge is 0.353 e. The lowest BCUT2D eigenvalue weighted by Crippen LogP contribution is -2.31. The van der Waals surface area contributed by atoms with E-state index >= 15 is 0 Å². The van der Waals surface area contributed by atoms with Crippen molar-refractivity contribution in [1.29, 1.82) is 0 Å². The van der Waals surface area contributed by atoms with Gasteiger partial charge in [-0.1, -0.05) is 23.8 Å². The molecule has 1 aromatic carbocycles. The maximum Gasteiger partial charge on any atom is 0.255 e. The van der Waals surface area contributed by atoms with Crippen LogP contribution in [-0.2, 0) is 20.1 Å². The van der Waals surface area contributed by atoms with Crippen LogP contribution in [0.25, 0.3) is 0 Å². The summed E-state index contributed by atoms with van der Waals surface area (Å²) in [7, 11) is 2.02. The normalized spacial score (nSPS) is 10.9. The predicted octanol–water partition coefficient (Wildman–Crippen LogP) is 4.85. The zero-order valence-electron chi connectivity index (χ0n) is 15.2. The molecule has 0 spiro atoms. The number of hydrogen-bond donors (Lipinski definition) is 0. The predicted molar refractivity (Wildman–Crippen MR) is 104 cm³/mol. The molecular formula is C21H24N2OS. The molecule has 0 N–H and O–H groups in total. The Morgan fingerprint density at radius 2 is 1.80 bits per heavy atom. The van der Waals surface area contributed by atoms with Crippen LogP contribution in [0.3, 0.4) is 0 Å². The van der Waals surface area contributed by atoms with Crippen LogP contribution < -0.4 is 0 Å². The van der Waals surface area contributed by atoms with E-state index in [0.29, 0.717) is 13.1 Å². The number of thiophene rings is 1. The van der Waals surface area contributed by atoms with Crippen molar-refractivity contribution in [1.82, 2.24) is 9.47 Å². The van der Waals surface area contributed by atoms with Crippen LogP contribution in [-0.4, -0.2) is 15.4 Å². The number of aromatic nitrogens is 1. The lowest BCUT2D eigenvalue weighted by Gasteiger charge is -2.24. The van der Waals surface area contributed by atoms with Gasteiger partial charge >= 0.3 is 0 Å². The Kier molecular flexibility index (Phi) is 5.09. The average molecular weight is 353 g/mol. The lowest BCUT2D eigenvalue weighted by atomic mass is 9.98. The third-order valence-electron chi connectivity index (χ3n) is 4.51. The Labute approximate surface area is 153 Å². The van der Waals surface area contributed by atoms with E-state index in [1.54, 1.807) is 11.3 Å². The number of aryl methyl sites for hydroxylation is 4. The molecule has 0 aliphatic rings. The summed E-state index contributed by atoms with van der Waals surface area (Å²) in [5, 5.41) is 2.06. The molecule has 130 valence electrons. The van der Waals surface area contributed by atoms with Crippen LogP contribution in [0.2, 0.25) is 0 Å². The molecule has 0 aliphatic carbocycles. The molecule has 4 heteroatoms. The van der Waals surface area contributed by atoms with Gasteiger partial charge < -0.3 is 9.47 Å². The first-order valence-corrected chi connectivity index (χ1v) is 9.33. The first-order valence-electron chi connectivity index (χ1n) is 8.45. The number of carbonyl (C=O) groups excluding carboxylic acids is 1. The van der Waals surface area contributed by atoms with Crippen molar-refractivity contribution in [3.63, 3.8) is 0 Å². The standard InChI is InChI=1S/C21H24N2OS/c1-15-11-16(2)20(17(3)12-15)21(24)23(14-19-8-6-10-25-19)13-18-7-5-9-22(18)4/h5-12H,13-14H2,1-4H3. The van der Waals surface area contributed by atoms with Crippen molar-refractivity contribution >= 4 is 17.2 Å². The number of carbonyl (C=O) groups is 1. The van der Waals surface area contributed by atoms with Crippen molar-refractivity contribution in [2.24, 2.45) is 7.05 Å². The third kappa shape index (κ3) is 3.85. The second-order valence-corrected chi connectivity index (χ2v) is 7.66. The van der Waals surface area contributed by atoms with E-state index in [9.17, 15) is 4.79 Å². The molecule has 0 bridgehead atoms. The van der Waals surface area contributed by atoms with Gasteiger partial charge in [-0.2, -0.15) is 0 Å². The van der Waals surface area contributed by atoms with Gasteiger partial charge in [0.25, 0.3) is 5.91 Å². The zero-order valence-corrected chi connectivity index (χ0v) is 16.1. The van der Waals surface area contributed by atoms with Crippen LogP contribution >= 0.6 is 11.3 Å². The Morgan fingerprint density at radius 3 is 2.36 bits per heavy atom. The summed E-state index contributed by atoms with van der Waals surface area (Å²) in [6.07, 6.45) is 2.02. The van der Waals surface area contributed by atoms with Gasteiger partial charge in [-0.05, 0) is 55.5 Å². The monoisotopic (exact) mass is 352 g/mol. The quantitative estimate of drug-likeness (QED) is 0.644. The van der Waals surface area contributed by atoms with Crippen LogP contribution in [0.15, 0.2) is 48.0 Å². The summed E-state index contributed by atoms with van der Waals surface area (Å²) in [5.41, 5.74) is 5.25. The Balaban J connectivity index is 1.96.